The Morgan fingerprint density at radius 2 is 1.19 bits per heavy atom. The Kier molecular flexibility index (Phi) is 7.77. The molecule has 0 atom stereocenters. The second kappa shape index (κ2) is 10.3. The van der Waals surface area contributed by atoms with Gasteiger partial charge in [-0.2, -0.15) is 0 Å². The maximum absolute atomic E-state index is 9.49. The fraction of sp³-hybridized carbons (Fsp3) is 0.136. The first-order valence-corrected chi connectivity index (χ1v) is 9.81. The molecule has 27 heavy (non-hydrogen) atoms. The van der Waals surface area contributed by atoms with Gasteiger partial charge >= 0.3 is 0 Å². The fourth-order valence-electron chi connectivity index (χ4n) is 2.33. The second-order valence-corrected chi connectivity index (χ2v) is 7.76. The molecule has 0 fully saturated rings. The highest BCUT2D eigenvalue weighted by atomic mass is 32.2. The van der Waals surface area contributed by atoms with Gasteiger partial charge in [0.25, 0.3) is 0 Å². The van der Waals surface area contributed by atoms with Gasteiger partial charge in [0.05, 0.1) is 10.9 Å². The van der Waals surface area contributed by atoms with E-state index in [1.807, 2.05) is 42.5 Å². The van der Waals surface area contributed by atoms with Crippen molar-refractivity contribution in [1.29, 1.82) is 0 Å². The highest BCUT2D eigenvalue weighted by molar-refractivity contribution is 7.97. The number of benzene rings is 3. The van der Waals surface area contributed by atoms with Crippen molar-refractivity contribution < 1.29 is 20.1 Å². The number of phenolic OH excluding ortho intramolecular Hbond substituents is 2. The lowest BCUT2D eigenvalue weighted by atomic mass is 10.3. The van der Waals surface area contributed by atoms with Crippen LogP contribution in [0.5, 0.6) is 11.5 Å². The van der Waals surface area contributed by atoms with Crippen LogP contribution in [0.2, 0.25) is 0 Å². The molecule has 0 unspecified atom stereocenters. The Hall–Kier alpha value is -2.92. The number of carboxylic acid groups (broad SMARTS) is 1. The van der Waals surface area contributed by atoms with Crippen LogP contribution < -0.4 is 5.11 Å². The zero-order valence-corrected chi connectivity index (χ0v) is 15.9. The molecule has 0 heterocycles. The number of carbonyl (C=O) groups excluding carboxylic acids is 1. The lowest BCUT2D eigenvalue weighted by molar-refractivity contribution is -0.305. The van der Waals surface area contributed by atoms with Gasteiger partial charge in [-0.05, 0) is 67.1 Å². The van der Waals surface area contributed by atoms with Crippen LogP contribution >= 0.6 is 0 Å². The molecule has 140 valence electrons. The SMILES string of the molecule is CCCC(=O)[O-].Oc1ccc([S+](c2ccccc2)c2ccc(O)cc2)cc1. The summed E-state index contributed by atoms with van der Waals surface area (Å²) in [4.78, 5) is 12.9. The molecule has 0 aliphatic carbocycles. The van der Waals surface area contributed by atoms with E-state index in [1.165, 1.54) is 4.90 Å². The second-order valence-electron chi connectivity index (χ2n) is 5.73. The van der Waals surface area contributed by atoms with Crippen molar-refractivity contribution in [3.8, 4) is 11.5 Å². The average Bonchev–Trinajstić information content (AvgIpc) is 2.66. The summed E-state index contributed by atoms with van der Waals surface area (Å²) < 4.78 is 0. The Balaban J connectivity index is 0.000000380. The third kappa shape index (κ3) is 6.38. The normalized spacial score (nSPS) is 10.1. The number of carbonyl (C=O) groups is 1. The first-order valence-electron chi connectivity index (χ1n) is 8.58. The van der Waals surface area contributed by atoms with Crippen LogP contribution in [0, 0.1) is 0 Å². The van der Waals surface area contributed by atoms with Gasteiger partial charge in [0, 0.05) is 5.97 Å². The molecule has 0 radical (unpaired) electrons. The number of aromatic hydroxyl groups is 2. The molecule has 4 nitrogen and oxygen atoms in total. The zero-order chi connectivity index (χ0) is 19.6. The molecule has 0 aliphatic rings. The van der Waals surface area contributed by atoms with Gasteiger partial charge in [0.1, 0.15) is 11.5 Å². The van der Waals surface area contributed by atoms with E-state index in [2.05, 4.69) is 12.1 Å². The molecular weight excluding hydrogens is 360 g/mol. The van der Waals surface area contributed by atoms with E-state index in [9.17, 15) is 20.1 Å². The van der Waals surface area contributed by atoms with E-state index in [1.54, 1.807) is 31.2 Å². The minimum atomic E-state index is -0.961. The largest absolute Gasteiger partial charge is 0.550 e. The Morgan fingerprint density at radius 1 is 0.778 bits per heavy atom. The van der Waals surface area contributed by atoms with Crippen LogP contribution in [0.3, 0.4) is 0 Å². The molecule has 5 heteroatoms. The fourth-order valence-corrected chi connectivity index (χ4v) is 4.40. The van der Waals surface area contributed by atoms with Gasteiger partial charge in [-0.25, -0.2) is 0 Å². The zero-order valence-electron chi connectivity index (χ0n) is 15.0. The highest BCUT2D eigenvalue weighted by Crippen LogP contribution is 2.32. The number of hydrogen-bond donors (Lipinski definition) is 2. The van der Waals surface area contributed by atoms with Crippen molar-refractivity contribution >= 4 is 16.9 Å². The number of phenols is 2. The maximum Gasteiger partial charge on any atom is 0.166 e. The number of hydrogen-bond acceptors (Lipinski definition) is 4. The summed E-state index contributed by atoms with van der Waals surface area (Å²) in [6.07, 6.45) is 0.850. The molecule has 0 amide bonds. The summed E-state index contributed by atoms with van der Waals surface area (Å²) in [6, 6.07) is 24.8. The van der Waals surface area contributed by atoms with E-state index >= 15 is 0 Å². The summed E-state index contributed by atoms with van der Waals surface area (Å²) >= 11 is 0. The topological polar surface area (TPSA) is 80.6 Å². The van der Waals surface area contributed by atoms with E-state index in [0.29, 0.717) is 6.42 Å². The highest BCUT2D eigenvalue weighted by Gasteiger charge is 2.28. The molecule has 2 N–H and O–H groups in total. The molecule has 0 saturated heterocycles. The summed E-state index contributed by atoms with van der Waals surface area (Å²) in [6.45, 7) is 1.80. The molecule has 0 aliphatic heterocycles. The lowest BCUT2D eigenvalue weighted by Gasteiger charge is -2.08. The summed E-state index contributed by atoms with van der Waals surface area (Å²) in [5, 5.41) is 28.5. The summed E-state index contributed by atoms with van der Waals surface area (Å²) in [5.41, 5.74) is 0. The monoisotopic (exact) mass is 382 g/mol. The van der Waals surface area contributed by atoms with Gasteiger partial charge in [-0.1, -0.05) is 31.5 Å². The third-order valence-corrected chi connectivity index (χ3v) is 5.81. The van der Waals surface area contributed by atoms with Crippen molar-refractivity contribution in [3.05, 3.63) is 78.9 Å². The minimum Gasteiger partial charge on any atom is -0.550 e. The first kappa shape index (κ1) is 20.4. The van der Waals surface area contributed by atoms with Crippen molar-refractivity contribution in [2.75, 3.05) is 0 Å². The van der Waals surface area contributed by atoms with Crippen molar-refractivity contribution in [3.63, 3.8) is 0 Å². The van der Waals surface area contributed by atoms with E-state index < -0.39 is 5.97 Å². The van der Waals surface area contributed by atoms with Gasteiger partial charge < -0.3 is 20.1 Å². The molecule has 0 bridgehead atoms. The Bertz CT molecular complexity index is 785. The van der Waals surface area contributed by atoms with E-state index in [0.717, 1.165) is 9.79 Å². The van der Waals surface area contributed by atoms with E-state index in [-0.39, 0.29) is 28.8 Å². The average molecular weight is 382 g/mol. The van der Waals surface area contributed by atoms with Crippen molar-refractivity contribution in [2.45, 2.75) is 34.5 Å². The van der Waals surface area contributed by atoms with Crippen molar-refractivity contribution in [2.24, 2.45) is 0 Å². The predicted octanol–water partition coefficient (Wildman–Crippen LogP) is 3.73. The molecule has 0 aromatic heterocycles. The van der Waals surface area contributed by atoms with Crippen LogP contribution in [0.15, 0.2) is 93.5 Å². The molecule has 3 aromatic rings. The quantitative estimate of drug-likeness (QED) is 0.659. The van der Waals surface area contributed by atoms with Crippen molar-refractivity contribution in [1.82, 2.24) is 0 Å². The smallest absolute Gasteiger partial charge is 0.166 e. The van der Waals surface area contributed by atoms with Gasteiger partial charge in [0.15, 0.2) is 14.7 Å². The molecular formula is C22H22O4S. The Labute approximate surface area is 162 Å². The van der Waals surface area contributed by atoms with Crippen LogP contribution in [-0.4, -0.2) is 16.2 Å². The van der Waals surface area contributed by atoms with Crippen LogP contribution in [0.4, 0.5) is 0 Å². The molecule has 3 aromatic carbocycles. The Morgan fingerprint density at radius 3 is 1.52 bits per heavy atom. The third-order valence-electron chi connectivity index (χ3n) is 3.58. The molecule has 3 rings (SSSR count). The summed E-state index contributed by atoms with van der Waals surface area (Å²) in [5.74, 6) is -0.431. The standard InChI is InChI=1S/C18H14O2S.C4H8O2/c19-14-6-10-17(11-7-14)21(16-4-2-1-3-5-16)18-12-8-15(20)9-13-18;1-2-3-4(5)6/h1-13H,(H-,19,20);2-3H2,1H3,(H,5,6). The number of rotatable bonds is 5. The maximum atomic E-state index is 9.49. The number of carboxylic acids is 1. The lowest BCUT2D eigenvalue weighted by Crippen LogP contribution is -2.20. The minimum absolute atomic E-state index is 0.181. The van der Waals surface area contributed by atoms with Crippen LogP contribution in [-0.2, 0) is 15.7 Å². The molecule has 0 spiro atoms. The van der Waals surface area contributed by atoms with Gasteiger partial charge in [-0.3, -0.25) is 0 Å². The first-order chi connectivity index (χ1) is 13.0. The molecule has 0 saturated carbocycles. The number of aliphatic carboxylic acids is 1. The van der Waals surface area contributed by atoms with E-state index in [4.69, 9.17) is 0 Å². The van der Waals surface area contributed by atoms with Crippen LogP contribution in [0.1, 0.15) is 19.8 Å². The summed E-state index contributed by atoms with van der Waals surface area (Å²) in [7, 11) is -0.253. The van der Waals surface area contributed by atoms with Gasteiger partial charge in [-0.15, -0.1) is 0 Å². The van der Waals surface area contributed by atoms with Crippen LogP contribution in [0.25, 0.3) is 0 Å². The predicted molar refractivity (Wildman–Crippen MR) is 105 cm³/mol. The van der Waals surface area contributed by atoms with Gasteiger partial charge in [0.2, 0.25) is 0 Å².